The smallest absolute Gasteiger partial charge is 0.325 e. The van der Waals surface area contributed by atoms with Crippen LogP contribution in [-0.2, 0) is 15.5 Å². The lowest BCUT2D eigenvalue weighted by Crippen LogP contribution is -2.35. The molecule has 130 valence electrons. The Morgan fingerprint density at radius 1 is 1.29 bits per heavy atom. The maximum Gasteiger partial charge on any atom is 0.393 e. The van der Waals surface area contributed by atoms with Crippen LogP contribution in [0.3, 0.4) is 0 Å². The average Bonchev–Trinajstić information content (AvgIpc) is 3.05. The monoisotopic (exact) mass is 349 g/mol. The van der Waals surface area contributed by atoms with Crippen molar-refractivity contribution in [1.29, 1.82) is 0 Å². The molecule has 2 aliphatic rings. The number of fused-ring (bicyclic) bond motifs is 1. The molecular weight excluding hydrogens is 337 g/mol. The second-order valence-electron chi connectivity index (χ2n) is 5.71. The third kappa shape index (κ3) is 2.81. The molecule has 0 aliphatic carbocycles. The molecule has 1 aromatic rings. The van der Waals surface area contributed by atoms with Crippen molar-refractivity contribution >= 4 is 23.2 Å². The minimum atomic E-state index is -4.40. The summed E-state index contributed by atoms with van der Waals surface area (Å²) in [6, 6.07) is 2.35. The van der Waals surface area contributed by atoms with E-state index in [9.17, 15) is 31.5 Å². The SMILES string of the molecule is O=C(Nc1ccc2c(c1)C(F)(F)C(=O)N2)C1CC(C(F)(F)F)CN1. The lowest BCUT2D eigenvalue weighted by Gasteiger charge is -2.14. The number of benzene rings is 1. The van der Waals surface area contributed by atoms with Crippen LogP contribution in [0.5, 0.6) is 0 Å². The molecule has 0 saturated carbocycles. The van der Waals surface area contributed by atoms with Crippen LogP contribution in [0.4, 0.5) is 33.3 Å². The zero-order valence-electron chi connectivity index (χ0n) is 12.0. The van der Waals surface area contributed by atoms with E-state index < -0.39 is 47.9 Å². The number of rotatable bonds is 2. The molecule has 2 atom stereocenters. The molecule has 0 bridgehead atoms. The van der Waals surface area contributed by atoms with Gasteiger partial charge in [-0.15, -0.1) is 0 Å². The van der Waals surface area contributed by atoms with Gasteiger partial charge < -0.3 is 16.0 Å². The van der Waals surface area contributed by atoms with Gasteiger partial charge in [0.05, 0.1) is 23.2 Å². The van der Waals surface area contributed by atoms with E-state index in [0.717, 1.165) is 6.07 Å². The molecule has 3 N–H and O–H groups in total. The number of anilines is 2. The minimum absolute atomic E-state index is 0.0211. The zero-order chi connectivity index (χ0) is 17.7. The van der Waals surface area contributed by atoms with Crippen LogP contribution in [0, 0.1) is 5.92 Å². The highest BCUT2D eigenvalue weighted by Crippen LogP contribution is 2.41. The summed E-state index contributed by atoms with van der Waals surface area (Å²) in [5.74, 6) is -7.56. The number of hydrogen-bond acceptors (Lipinski definition) is 3. The number of hydrogen-bond donors (Lipinski definition) is 3. The molecule has 0 aromatic heterocycles. The van der Waals surface area contributed by atoms with Crippen molar-refractivity contribution in [3.05, 3.63) is 23.8 Å². The highest BCUT2D eigenvalue weighted by molar-refractivity contribution is 6.04. The zero-order valence-corrected chi connectivity index (χ0v) is 12.0. The molecular formula is C14H12F5N3O2. The van der Waals surface area contributed by atoms with E-state index in [1.807, 2.05) is 5.32 Å². The summed E-state index contributed by atoms with van der Waals surface area (Å²) in [6.45, 7) is -0.373. The van der Waals surface area contributed by atoms with Gasteiger partial charge in [-0.25, -0.2) is 0 Å². The standard InChI is InChI=1S/C14H12F5N3O2/c15-13(16)8-4-7(1-2-9(8)22-12(13)24)21-11(23)10-3-6(5-20-10)14(17,18)19/h1-2,4,6,10,20H,3,5H2,(H,21,23)(H,22,24). The normalized spacial score (nSPS) is 25.3. The van der Waals surface area contributed by atoms with Crippen molar-refractivity contribution in [3.63, 3.8) is 0 Å². The van der Waals surface area contributed by atoms with Gasteiger partial charge in [0, 0.05) is 12.2 Å². The van der Waals surface area contributed by atoms with E-state index >= 15 is 0 Å². The Morgan fingerprint density at radius 2 is 2.00 bits per heavy atom. The second kappa shape index (κ2) is 5.40. The first-order valence-electron chi connectivity index (χ1n) is 7.04. The number of alkyl halides is 5. The fraction of sp³-hybridized carbons (Fsp3) is 0.429. The lowest BCUT2D eigenvalue weighted by molar-refractivity contribution is -0.169. The Labute approximate surface area is 132 Å². The summed E-state index contributed by atoms with van der Waals surface area (Å²) in [4.78, 5) is 23.2. The third-order valence-corrected chi connectivity index (χ3v) is 4.07. The summed E-state index contributed by atoms with van der Waals surface area (Å²) >= 11 is 0. The molecule has 1 aromatic carbocycles. The Hall–Kier alpha value is -2.23. The van der Waals surface area contributed by atoms with Gasteiger partial charge in [-0.05, 0) is 24.6 Å². The lowest BCUT2D eigenvalue weighted by atomic mass is 10.0. The topological polar surface area (TPSA) is 70.2 Å². The van der Waals surface area contributed by atoms with Crippen LogP contribution in [0.25, 0.3) is 0 Å². The molecule has 2 unspecified atom stereocenters. The van der Waals surface area contributed by atoms with Crippen LogP contribution >= 0.6 is 0 Å². The van der Waals surface area contributed by atoms with Gasteiger partial charge in [0.1, 0.15) is 0 Å². The number of amides is 2. The fourth-order valence-electron chi connectivity index (χ4n) is 2.73. The predicted octanol–water partition coefficient (Wildman–Crippen LogP) is 2.21. The summed E-state index contributed by atoms with van der Waals surface area (Å²) in [6.07, 6.45) is -4.82. The van der Waals surface area contributed by atoms with Gasteiger partial charge in [-0.1, -0.05) is 0 Å². The minimum Gasteiger partial charge on any atom is -0.325 e. The van der Waals surface area contributed by atoms with Gasteiger partial charge in [0.15, 0.2) is 0 Å². The Kier molecular flexibility index (Phi) is 3.74. The molecule has 24 heavy (non-hydrogen) atoms. The quantitative estimate of drug-likeness (QED) is 0.717. The van der Waals surface area contributed by atoms with Crippen molar-refractivity contribution in [1.82, 2.24) is 5.32 Å². The van der Waals surface area contributed by atoms with Crippen molar-refractivity contribution < 1.29 is 31.5 Å². The van der Waals surface area contributed by atoms with Crippen LogP contribution in [-0.4, -0.2) is 30.6 Å². The highest BCUT2D eigenvalue weighted by Gasteiger charge is 2.49. The van der Waals surface area contributed by atoms with Crippen LogP contribution in [0.2, 0.25) is 0 Å². The van der Waals surface area contributed by atoms with Crippen molar-refractivity contribution in [2.45, 2.75) is 24.6 Å². The first kappa shape index (κ1) is 16.6. The highest BCUT2D eigenvalue weighted by atomic mass is 19.4. The summed E-state index contributed by atoms with van der Waals surface area (Å²) in [5.41, 5.74) is -0.677. The van der Waals surface area contributed by atoms with Crippen LogP contribution < -0.4 is 16.0 Å². The number of carbonyl (C=O) groups is 2. The number of carbonyl (C=O) groups excluding carboxylic acids is 2. The van der Waals surface area contributed by atoms with Gasteiger partial charge in [0.25, 0.3) is 5.91 Å². The van der Waals surface area contributed by atoms with Gasteiger partial charge in [0.2, 0.25) is 5.91 Å². The third-order valence-electron chi connectivity index (χ3n) is 4.07. The van der Waals surface area contributed by atoms with Gasteiger partial charge in [-0.2, -0.15) is 22.0 Å². The molecule has 10 heteroatoms. The second-order valence-corrected chi connectivity index (χ2v) is 5.71. The molecule has 5 nitrogen and oxygen atoms in total. The summed E-state index contributed by atoms with van der Waals surface area (Å²) in [7, 11) is 0. The number of halogens is 5. The Balaban J connectivity index is 1.71. The molecule has 3 rings (SSSR count). The molecule has 1 saturated heterocycles. The van der Waals surface area contributed by atoms with Gasteiger partial charge >= 0.3 is 12.1 Å². The maximum atomic E-state index is 13.7. The Morgan fingerprint density at radius 3 is 2.62 bits per heavy atom. The average molecular weight is 349 g/mol. The molecule has 1 fully saturated rings. The van der Waals surface area contributed by atoms with Crippen LogP contribution in [0.1, 0.15) is 12.0 Å². The van der Waals surface area contributed by atoms with Gasteiger partial charge in [-0.3, -0.25) is 9.59 Å². The van der Waals surface area contributed by atoms with E-state index in [0.29, 0.717) is 0 Å². The van der Waals surface area contributed by atoms with E-state index in [-0.39, 0.29) is 17.9 Å². The largest absolute Gasteiger partial charge is 0.393 e. The van der Waals surface area contributed by atoms with E-state index in [1.54, 1.807) is 0 Å². The van der Waals surface area contributed by atoms with Crippen LogP contribution in [0.15, 0.2) is 18.2 Å². The van der Waals surface area contributed by atoms with E-state index in [1.165, 1.54) is 12.1 Å². The maximum absolute atomic E-state index is 13.7. The molecule has 2 aliphatic heterocycles. The van der Waals surface area contributed by atoms with Crippen molar-refractivity contribution in [2.75, 3.05) is 17.2 Å². The molecule has 2 amide bonds. The first-order chi connectivity index (χ1) is 11.1. The van der Waals surface area contributed by atoms with Crippen molar-refractivity contribution in [2.24, 2.45) is 5.92 Å². The van der Waals surface area contributed by atoms with Crippen molar-refractivity contribution in [3.8, 4) is 0 Å². The Bertz CT molecular complexity index is 704. The van der Waals surface area contributed by atoms with E-state index in [2.05, 4.69) is 10.6 Å². The number of nitrogens with one attached hydrogen (secondary N) is 3. The summed E-state index contributed by atoms with van der Waals surface area (Å²) < 4.78 is 65.1. The first-order valence-corrected chi connectivity index (χ1v) is 7.04. The predicted molar refractivity (Wildman–Crippen MR) is 73.5 cm³/mol. The fourth-order valence-corrected chi connectivity index (χ4v) is 2.73. The van der Waals surface area contributed by atoms with E-state index in [4.69, 9.17) is 0 Å². The molecule has 0 radical (unpaired) electrons. The molecule has 0 spiro atoms. The summed E-state index contributed by atoms with van der Waals surface area (Å²) in [5, 5.41) is 6.77. The molecule has 2 heterocycles.